The molecule has 0 aromatic heterocycles. The minimum absolute atomic E-state index is 0.00343. The smallest absolute Gasteiger partial charge is 0.240 e. The van der Waals surface area contributed by atoms with Crippen LogP contribution in [0.15, 0.2) is 23.1 Å². The highest BCUT2D eigenvalue weighted by molar-refractivity contribution is 7.89. The Hall–Kier alpha value is -1.14. The van der Waals surface area contributed by atoms with Crippen LogP contribution in [0.5, 0.6) is 5.75 Å². The summed E-state index contributed by atoms with van der Waals surface area (Å²) in [6, 6.07) is 3.32. The highest BCUT2D eigenvalue weighted by Crippen LogP contribution is 2.21. The van der Waals surface area contributed by atoms with Crippen molar-refractivity contribution >= 4 is 10.0 Å². The van der Waals surface area contributed by atoms with Gasteiger partial charge in [0.2, 0.25) is 10.0 Å². The number of hydrogen-bond acceptors (Lipinski definition) is 3. The van der Waals surface area contributed by atoms with Crippen LogP contribution in [-0.2, 0) is 10.0 Å². The van der Waals surface area contributed by atoms with Crippen molar-refractivity contribution in [2.45, 2.75) is 37.6 Å². The van der Waals surface area contributed by atoms with Crippen LogP contribution in [0.2, 0.25) is 0 Å². The third kappa shape index (κ3) is 3.68. The van der Waals surface area contributed by atoms with Crippen molar-refractivity contribution in [2.24, 2.45) is 0 Å². The molecule has 18 heavy (non-hydrogen) atoms. The quantitative estimate of drug-likeness (QED) is 0.866. The molecule has 1 N–H and O–H groups in total. The fourth-order valence-corrected chi connectivity index (χ4v) is 2.93. The summed E-state index contributed by atoms with van der Waals surface area (Å²) in [5.41, 5.74) is 0. The van der Waals surface area contributed by atoms with Crippen LogP contribution in [0.4, 0.5) is 4.39 Å². The van der Waals surface area contributed by atoms with Crippen molar-refractivity contribution in [1.82, 2.24) is 4.72 Å². The lowest BCUT2D eigenvalue weighted by Crippen LogP contribution is -2.32. The fraction of sp³-hybridized carbons (Fsp3) is 0.500. The van der Waals surface area contributed by atoms with Gasteiger partial charge in [0, 0.05) is 12.1 Å². The second-order valence-corrected chi connectivity index (χ2v) is 5.82. The molecule has 0 heterocycles. The van der Waals surface area contributed by atoms with Gasteiger partial charge >= 0.3 is 0 Å². The van der Waals surface area contributed by atoms with E-state index >= 15 is 0 Å². The Balaban J connectivity index is 2.98. The van der Waals surface area contributed by atoms with Gasteiger partial charge in [-0.3, -0.25) is 0 Å². The van der Waals surface area contributed by atoms with Gasteiger partial charge in [0.15, 0.2) is 11.6 Å². The first-order valence-electron chi connectivity index (χ1n) is 5.76. The molecule has 0 amide bonds. The number of nitrogens with one attached hydrogen (secondary N) is 1. The molecule has 102 valence electrons. The summed E-state index contributed by atoms with van der Waals surface area (Å²) < 4.78 is 44.5. The molecule has 1 rings (SSSR count). The maximum absolute atomic E-state index is 13.2. The zero-order valence-electron chi connectivity index (χ0n) is 10.7. The third-order valence-electron chi connectivity index (χ3n) is 2.51. The van der Waals surface area contributed by atoms with Crippen LogP contribution < -0.4 is 9.46 Å². The van der Waals surface area contributed by atoms with Crippen LogP contribution in [0, 0.1) is 5.82 Å². The molecule has 0 bridgehead atoms. The maximum atomic E-state index is 13.2. The highest BCUT2D eigenvalue weighted by Gasteiger charge is 2.18. The van der Waals surface area contributed by atoms with E-state index < -0.39 is 15.8 Å². The van der Waals surface area contributed by atoms with Gasteiger partial charge in [0.1, 0.15) is 0 Å². The summed E-state index contributed by atoms with van der Waals surface area (Å²) >= 11 is 0. The van der Waals surface area contributed by atoms with Gasteiger partial charge in [0.25, 0.3) is 0 Å². The molecule has 0 aliphatic heterocycles. The Labute approximate surface area is 107 Å². The van der Waals surface area contributed by atoms with Crippen LogP contribution in [0.25, 0.3) is 0 Å². The normalized spacial score (nSPS) is 13.3. The lowest BCUT2D eigenvalue weighted by molar-refractivity contribution is 0.385. The van der Waals surface area contributed by atoms with Crippen molar-refractivity contribution in [3.05, 3.63) is 24.0 Å². The van der Waals surface area contributed by atoms with Crippen LogP contribution in [-0.4, -0.2) is 21.6 Å². The average Bonchev–Trinajstić information content (AvgIpc) is 2.28. The number of benzene rings is 1. The monoisotopic (exact) mass is 275 g/mol. The number of methoxy groups -OCH3 is 1. The molecule has 4 nitrogen and oxygen atoms in total. The van der Waals surface area contributed by atoms with Crippen molar-refractivity contribution in [1.29, 1.82) is 0 Å². The molecule has 0 spiro atoms. The van der Waals surface area contributed by atoms with E-state index in [1.807, 2.05) is 6.92 Å². The molecule has 0 radical (unpaired) electrons. The zero-order valence-corrected chi connectivity index (χ0v) is 11.6. The number of rotatable bonds is 6. The van der Waals surface area contributed by atoms with Crippen LogP contribution in [0.1, 0.15) is 26.7 Å². The van der Waals surface area contributed by atoms with E-state index in [2.05, 4.69) is 4.72 Å². The highest BCUT2D eigenvalue weighted by atomic mass is 32.2. The summed E-state index contributed by atoms with van der Waals surface area (Å²) in [6.45, 7) is 3.77. The van der Waals surface area contributed by atoms with E-state index in [9.17, 15) is 12.8 Å². The van der Waals surface area contributed by atoms with Gasteiger partial charge in [-0.25, -0.2) is 17.5 Å². The molecule has 6 heteroatoms. The van der Waals surface area contributed by atoms with Gasteiger partial charge in [-0.15, -0.1) is 0 Å². The Bertz CT molecular complexity index is 502. The van der Waals surface area contributed by atoms with E-state index in [1.54, 1.807) is 6.92 Å². The SMILES string of the molecule is CCC[C@@H](C)NS(=O)(=O)c1ccc(F)c(OC)c1. The minimum atomic E-state index is -3.63. The molecule has 0 unspecified atom stereocenters. The Morgan fingerprint density at radius 3 is 2.67 bits per heavy atom. The summed E-state index contributed by atoms with van der Waals surface area (Å²) in [6.07, 6.45) is 1.63. The molecular weight excluding hydrogens is 257 g/mol. The van der Waals surface area contributed by atoms with E-state index in [-0.39, 0.29) is 16.7 Å². The van der Waals surface area contributed by atoms with Crippen molar-refractivity contribution in [2.75, 3.05) is 7.11 Å². The second-order valence-electron chi connectivity index (χ2n) is 4.11. The molecule has 0 aliphatic carbocycles. The zero-order chi connectivity index (χ0) is 13.8. The van der Waals surface area contributed by atoms with E-state index in [1.165, 1.54) is 19.2 Å². The van der Waals surface area contributed by atoms with Gasteiger partial charge in [-0.1, -0.05) is 13.3 Å². The predicted molar refractivity (Wildman–Crippen MR) is 67.6 cm³/mol. The van der Waals surface area contributed by atoms with E-state index in [4.69, 9.17) is 4.74 Å². The van der Waals surface area contributed by atoms with Gasteiger partial charge in [-0.05, 0) is 25.5 Å². The lowest BCUT2D eigenvalue weighted by atomic mass is 10.2. The van der Waals surface area contributed by atoms with Gasteiger partial charge in [-0.2, -0.15) is 0 Å². The van der Waals surface area contributed by atoms with Gasteiger partial charge < -0.3 is 4.74 Å². The summed E-state index contributed by atoms with van der Waals surface area (Å²) in [4.78, 5) is 0.00343. The fourth-order valence-electron chi connectivity index (χ4n) is 1.63. The second kappa shape index (κ2) is 6.15. The molecule has 1 atom stereocenters. The number of sulfonamides is 1. The Morgan fingerprint density at radius 1 is 1.44 bits per heavy atom. The topological polar surface area (TPSA) is 55.4 Å². The van der Waals surface area contributed by atoms with Crippen molar-refractivity contribution in [3.63, 3.8) is 0 Å². The summed E-state index contributed by atoms with van der Waals surface area (Å²) in [5.74, 6) is -0.668. The summed E-state index contributed by atoms with van der Waals surface area (Å²) in [7, 11) is -2.33. The Kier molecular flexibility index (Phi) is 5.10. The van der Waals surface area contributed by atoms with Crippen molar-refractivity contribution in [3.8, 4) is 5.75 Å². The molecular formula is C12H18FNO3S. The largest absolute Gasteiger partial charge is 0.494 e. The molecule has 0 fully saturated rings. The summed E-state index contributed by atoms with van der Waals surface area (Å²) in [5, 5.41) is 0. The van der Waals surface area contributed by atoms with Crippen LogP contribution >= 0.6 is 0 Å². The number of ether oxygens (including phenoxy) is 1. The van der Waals surface area contributed by atoms with Crippen molar-refractivity contribution < 1.29 is 17.5 Å². The first-order chi connectivity index (χ1) is 8.40. The predicted octanol–water partition coefficient (Wildman–Crippen LogP) is 2.30. The average molecular weight is 275 g/mol. The molecule has 0 aliphatic rings. The lowest BCUT2D eigenvalue weighted by Gasteiger charge is -2.13. The number of halogens is 1. The number of hydrogen-bond donors (Lipinski definition) is 1. The maximum Gasteiger partial charge on any atom is 0.240 e. The van der Waals surface area contributed by atoms with E-state index in [0.717, 1.165) is 18.9 Å². The first-order valence-corrected chi connectivity index (χ1v) is 7.25. The third-order valence-corrected chi connectivity index (χ3v) is 4.10. The first kappa shape index (κ1) is 14.9. The molecule has 0 saturated heterocycles. The molecule has 1 aromatic rings. The van der Waals surface area contributed by atoms with Gasteiger partial charge in [0.05, 0.1) is 12.0 Å². The molecule has 0 saturated carbocycles. The standard InChI is InChI=1S/C12H18FNO3S/c1-4-5-9(2)14-18(15,16)10-6-7-11(13)12(8-10)17-3/h6-9,14H,4-5H2,1-3H3/t9-/m1/s1. The minimum Gasteiger partial charge on any atom is -0.494 e. The molecule has 1 aromatic carbocycles. The Morgan fingerprint density at radius 2 is 2.11 bits per heavy atom. The van der Waals surface area contributed by atoms with Crippen LogP contribution in [0.3, 0.4) is 0 Å². The van der Waals surface area contributed by atoms with E-state index in [0.29, 0.717) is 0 Å².